The Hall–Kier alpha value is -0.820. The van der Waals surface area contributed by atoms with Gasteiger partial charge >= 0.3 is 0 Å². The van der Waals surface area contributed by atoms with E-state index in [0.717, 1.165) is 0 Å². The van der Waals surface area contributed by atoms with Crippen LogP contribution in [0.4, 0.5) is 5.69 Å². The number of halogens is 1. The average Bonchev–Trinajstić information content (AvgIpc) is 2.33. The van der Waals surface area contributed by atoms with Gasteiger partial charge in [0.15, 0.2) is 0 Å². The van der Waals surface area contributed by atoms with Crippen molar-refractivity contribution in [2.45, 2.75) is 25.2 Å². The van der Waals surface area contributed by atoms with Crippen LogP contribution in [0, 0.1) is 6.92 Å². The number of sulfonamides is 1. The summed E-state index contributed by atoms with van der Waals surface area (Å²) in [6, 6.07) is 2.90. The smallest absolute Gasteiger partial charge is 0.243 e. The van der Waals surface area contributed by atoms with Crippen LogP contribution in [-0.2, 0) is 10.0 Å². The fourth-order valence-electron chi connectivity index (χ4n) is 1.80. The number of anilines is 1. The highest BCUT2D eigenvalue weighted by atomic mass is 35.5. The molecule has 7 heteroatoms. The Morgan fingerprint density at radius 1 is 1.37 bits per heavy atom. The molecule has 0 bridgehead atoms. The van der Waals surface area contributed by atoms with Crippen molar-refractivity contribution in [2.24, 2.45) is 0 Å². The second-order valence-corrected chi connectivity index (χ2v) is 6.58. The van der Waals surface area contributed by atoms with Gasteiger partial charge in [-0.05, 0) is 31.0 Å². The van der Waals surface area contributed by atoms with Gasteiger partial charge < -0.3 is 10.8 Å². The van der Waals surface area contributed by atoms with Gasteiger partial charge in [0.25, 0.3) is 0 Å². The number of nitrogens with zero attached hydrogens (tertiary/aromatic N) is 1. The van der Waals surface area contributed by atoms with Gasteiger partial charge in [0, 0.05) is 13.1 Å². The summed E-state index contributed by atoms with van der Waals surface area (Å²) in [5, 5.41) is 9.32. The summed E-state index contributed by atoms with van der Waals surface area (Å²) in [5.74, 6) is 0. The largest absolute Gasteiger partial charge is 0.397 e. The van der Waals surface area contributed by atoms with E-state index in [9.17, 15) is 8.42 Å². The van der Waals surface area contributed by atoms with Crippen LogP contribution in [0.15, 0.2) is 17.0 Å². The Morgan fingerprint density at radius 3 is 2.53 bits per heavy atom. The predicted octanol–water partition coefficient (Wildman–Crippen LogP) is 1.62. The average molecular weight is 307 g/mol. The highest BCUT2D eigenvalue weighted by Gasteiger charge is 2.25. The van der Waals surface area contributed by atoms with Crippen molar-refractivity contribution in [1.82, 2.24) is 4.31 Å². The maximum atomic E-state index is 12.5. The molecule has 1 aromatic carbocycles. The minimum absolute atomic E-state index is 0.0676. The van der Waals surface area contributed by atoms with Crippen LogP contribution in [0.1, 0.15) is 18.9 Å². The Morgan fingerprint density at radius 2 is 2.00 bits per heavy atom. The number of aliphatic hydroxyl groups is 1. The first-order valence-electron chi connectivity index (χ1n) is 6.01. The Kier molecular flexibility index (Phi) is 5.61. The molecule has 0 saturated heterocycles. The van der Waals surface area contributed by atoms with Gasteiger partial charge in [0.2, 0.25) is 10.0 Å². The summed E-state index contributed by atoms with van der Waals surface area (Å²) in [5.41, 5.74) is 6.44. The van der Waals surface area contributed by atoms with E-state index in [2.05, 4.69) is 0 Å². The molecule has 3 N–H and O–H groups in total. The maximum Gasteiger partial charge on any atom is 0.243 e. The van der Waals surface area contributed by atoms with Crippen LogP contribution in [0.25, 0.3) is 0 Å². The van der Waals surface area contributed by atoms with Gasteiger partial charge in [-0.2, -0.15) is 4.31 Å². The number of hydrogen-bond acceptors (Lipinski definition) is 4. The molecule has 0 atom stereocenters. The van der Waals surface area contributed by atoms with Crippen molar-refractivity contribution >= 4 is 27.3 Å². The van der Waals surface area contributed by atoms with Gasteiger partial charge in [-0.25, -0.2) is 8.42 Å². The van der Waals surface area contributed by atoms with Crippen LogP contribution in [0.5, 0.6) is 0 Å². The molecule has 0 aliphatic carbocycles. The third kappa shape index (κ3) is 3.60. The lowest BCUT2D eigenvalue weighted by Gasteiger charge is -2.22. The molecule has 0 aromatic heterocycles. The molecule has 19 heavy (non-hydrogen) atoms. The normalized spacial score (nSPS) is 12.1. The van der Waals surface area contributed by atoms with E-state index in [1.807, 2.05) is 6.92 Å². The summed E-state index contributed by atoms with van der Waals surface area (Å²) in [6.45, 7) is 3.74. The molecule has 0 saturated carbocycles. The zero-order valence-electron chi connectivity index (χ0n) is 11.1. The van der Waals surface area contributed by atoms with Crippen LogP contribution in [0.3, 0.4) is 0 Å². The summed E-state index contributed by atoms with van der Waals surface area (Å²) in [7, 11) is -3.66. The van der Waals surface area contributed by atoms with E-state index < -0.39 is 10.0 Å². The second-order valence-electron chi connectivity index (χ2n) is 4.27. The predicted molar refractivity (Wildman–Crippen MR) is 76.7 cm³/mol. The van der Waals surface area contributed by atoms with Crippen molar-refractivity contribution in [3.8, 4) is 0 Å². The molecule has 0 aliphatic rings. The van der Waals surface area contributed by atoms with Gasteiger partial charge in [-0.3, -0.25) is 0 Å². The lowest BCUT2D eigenvalue weighted by Crippen LogP contribution is -2.34. The molecule has 108 valence electrons. The van der Waals surface area contributed by atoms with Gasteiger partial charge in [0.05, 0.1) is 22.2 Å². The standard InChI is InChI=1S/C12H19ClN2O3S/c1-3-4-15(5-6-16)19(17,18)12-8-11(14)10(13)7-9(12)2/h7-8,16H,3-6,14H2,1-2H3. The third-order valence-corrected chi connectivity index (χ3v) is 5.10. The summed E-state index contributed by atoms with van der Waals surface area (Å²) >= 11 is 5.86. The number of rotatable bonds is 6. The summed E-state index contributed by atoms with van der Waals surface area (Å²) in [6.07, 6.45) is 0.668. The molecular weight excluding hydrogens is 288 g/mol. The monoisotopic (exact) mass is 306 g/mol. The topological polar surface area (TPSA) is 83.6 Å². The number of nitrogens with two attached hydrogens (primary N) is 1. The number of nitrogen functional groups attached to an aromatic ring is 1. The lowest BCUT2D eigenvalue weighted by atomic mass is 10.2. The van der Waals surface area contributed by atoms with Gasteiger partial charge in [0.1, 0.15) is 0 Å². The molecule has 0 unspecified atom stereocenters. The minimum atomic E-state index is -3.66. The molecular formula is C12H19ClN2O3S. The molecule has 0 spiro atoms. The van der Waals surface area contributed by atoms with Crippen LogP contribution in [-0.4, -0.2) is 37.5 Å². The van der Waals surface area contributed by atoms with E-state index in [1.165, 1.54) is 16.4 Å². The zero-order valence-corrected chi connectivity index (χ0v) is 12.6. The fourth-order valence-corrected chi connectivity index (χ4v) is 3.78. The van der Waals surface area contributed by atoms with E-state index in [0.29, 0.717) is 23.6 Å². The Labute approximate surface area is 119 Å². The summed E-state index contributed by atoms with van der Waals surface area (Å²) < 4.78 is 26.3. The minimum Gasteiger partial charge on any atom is -0.397 e. The van der Waals surface area contributed by atoms with Crippen LogP contribution in [0.2, 0.25) is 5.02 Å². The number of aryl methyl sites for hydroxylation is 1. The number of aliphatic hydroxyl groups excluding tert-OH is 1. The van der Waals surface area contributed by atoms with Gasteiger partial charge in [-0.15, -0.1) is 0 Å². The molecule has 0 radical (unpaired) electrons. The lowest BCUT2D eigenvalue weighted by molar-refractivity contribution is 0.253. The fraction of sp³-hybridized carbons (Fsp3) is 0.500. The number of hydrogen-bond donors (Lipinski definition) is 2. The van der Waals surface area contributed by atoms with Crippen molar-refractivity contribution < 1.29 is 13.5 Å². The Bertz CT molecular complexity index is 540. The van der Waals surface area contributed by atoms with E-state index in [-0.39, 0.29) is 23.7 Å². The molecule has 1 aromatic rings. The number of benzene rings is 1. The first kappa shape index (κ1) is 16.2. The first-order valence-corrected chi connectivity index (χ1v) is 7.83. The molecule has 0 amide bonds. The Balaban J connectivity index is 3.28. The van der Waals surface area contributed by atoms with E-state index >= 15 is 0 Å². The van der Waals surface area contributed by atoms with Crippen molar-refractivity contribution in [3.05, 3.63) is 22.7 Å². The van der Waals surface area contributed by atoms with Gasteiger partial charge in [-0.1, -0.05) is 18.5 Å². The summed E-state index contributed by atoms with van der Waals surface area (Å²) in [4.78, 5) is 0.135. The molecule has 0 heterocycles. The quantitative estimate of drug-likeness (QED) is 0.782. The highest BCUT2D eigenvalue weighted by Crippen LogP contribution is 2.28. The van der Waals surface area contributed by atoms with Crippen molar-refractivity contribution in [2.75, 3.05) is 25.4 Å². The highest BCUT2D eigenvalue weighted by molar-refractivity contribution is 7.89. The van der Waals surface area contributed by atoms with Crippen molar-refractivity contribution in [1.29, 1.82) is 0 Å². The molecule has 1 rings (SSSR count). The van der Waals surface area contributed by atoms with Crippen molar-refractivity contribution in [3.63, 3.8) is 0 Å². The maximum absolute atomic E-state index is 12.5. The van der Waals surface area contributed by atoms with Crippen LogP contribution < -0.4 is 5.73 Å². The second kappa shape index (κ2) is 6.56. The van der Waals surface area contributed by atoms with E-state index in [4.69, 9.17) is 22.4 Å². The SMILES string of the molecule is CCCN(CCO)S(=O)(=O)c1cc(N)c(Cl)cc1C. The van der Waals surface area contributed by atoms with Crippen LogP contribution >= 0.6 is 11.6 Å². The zero-order chi connectivity index (χ0) is 14.6. The first-order chi connectivity index (χ1) is 8.84. The molecule has 0 aliphatic heterocycles. The molecule has 5 nitrogen and oxygen atoms in total. The molecule has 0 fully saturated rings. The third-order valence-electron chi connectivity index (χ3n) is 2.73. The van der Waals surface area contributed by atoms with E-state index in [1.54, 1.807) is 6.92 Å².